The van der Waals surface area contributed by atoms with Gasteiger partial charge in [-0.2, -0.15) is 0 Å². The van der Waals surface area contributed by atoms with E-state index >= 15 is 0 Å². The van der Waals surface area contributed by atoms with Crippen LogP contribution in [-0.2, 0) is 0 Å². The normalized spacial score (nSPS) is 11.4. The highest BCUT2D eigenvalue weighted by atomic mass is 15.0. The van der Waals surface area contributed by atoms with Crippen LogP contribution in [-0.4, -0.2) is 14.5 Å². The van der Waals surface area contributed by atoms with Gasteiger partial charge in [-0.15, -0.1) is 0 Å². The Kier molecular flexibility index (Phi) is 4.46. The van der Waals surface area contributed by atoms with Gasteiger partial charge in [-0.1, -0.05) is 72.8 Å². The number of nitrogens with zero attached hydrogens (tertiary/aromatic N) is 3. The number of hydrogen-bond acceptors (Lipinski definition) is 2. The number of fused-ring (bicyclic) bond motifs is 4. The van der Waals surface area contributed by atoms with E-state index < -0.39 is 0 Å². The van der Waals surface area contributed by atoms with Crippen LogP contribution in [0.2, 0.25) is 0 Å². The third-order valence-electron chi connectivity index (χ3n) is 6.68. The summed E-state index contributed by atoms with van der Waals surface area (Å²) in [4.78, 5) is 9.25. The van der Waals surface area contributed by atoms with Crippen molar-refractivity contribution in [1.82, 2.24) is 14.5 Å². The van der Waals surface area contributed by atoms with Crippen LogP contribution in [0.3, 0.4) is 0 Å². The molecule has 0 radical (unpaired) electrons. The standard InChI is InChI=1S/C32H21N3/c1-2-15-30-27(12-1)28-17-16-23(26-13-6-8-22-10-7-19-34-32(22)26)21-31(28)35(30)25-11-5-9-24(20-25)29-14-3-4-18-33-29/h1-21H. The molecule has 35 heavy (non-hydrogen) atoms. The molecule has 0 saturated heterocycles. The van der Waals surface area contributed by atoms with Crippen LogP contribution in [0.4, 0.5) is 0 Å². The molecule has 7 rings (SSSR count). The molecule has 164 valence electrons. The maximum Gasteiger partial charge on any atom is 0.0780 e. The van der Waals surface area contributed by atoms with Gasteiger partial charge >= 0.3 is 0 Å². The van der Waals surface area contributed by atoms with Gasteiger partial charge in [0, 0.05) is 45.4 Å². The Bertz CT molecular complexity index is 1840. The van der Waals surface area contributed by atoms with Gasteiger partial charge in [-0.3, -0.25) is 9.97 Å². The molecule has 3 heteroatoms. The molecule has 0 amide bonds. The predicted molar refractivity (Wildman–Crippen MR) is 145 cm³/mol. The molecule has 0 atom stereocenters. The Morgan fingerprint density at radius 1 is 0.514 bits per heavy atom. The minimum Gasteiger partial charge on any atom is -0.309 e. The molecule has 4 aromatic carbocycles. The molecule has 3 heterocycles. The van der Waals surface area contributed by atoms with Gasteiger partial charge in [0.05, 0.1) is 22.2 Å². The topological polar surface area (TPSA) is 30.7 Å². The average molecular weight is 448 g/mol. The summed E-state index contributed by atoms with van der Waals surface area (Å²) in [6, 6.07) is 40.5. The summed E-state index contributed by atoms with van der Waals surface area (Å²) in [6.45, 7) is 0. The second-order valence-electron chi connectivity index (χ2n) is 8.73. The Morgan fingerprint density at radius 2 is 1.34 bits per heavy atom. The molecule has 0 bridgehead atoms. The first kappa shape index (κ1) is 19.7. The first-order chi connectivity index (χ1) is 17.4. The number of rotatable bonds is 3. The van der Waals surface area contributed by atoms with Gasteiger partial charge in [0.1, 0.15) is 0 Å². The van der Waals surface area contributed by atoms with E-state index in [0.717, 1.165) is 39.0 Å². The molecule has 3 aromatic heterocycles. The monoisotopic (exact) mass is 447 g/mol. The SMILES string of the molecule is c1ccc(-c2cccc(-n3c4ccccc4c4ccc(-c5cccc6cccnc56)cc43)c2)nc1. The predicted octanol–water partition coefficient (Wildman–Crippen LogP) is 8.06. The Labute approximate surface area is 203 Å². The molecule has 0 fully saturated rings. The van der Waals surface area contributed by atoms with E-state index in [1.165, 1.54) is 21.8 Å². The van der Waals surface area contributed by atoms with Crippen molar-refractivity contribution < 1.29 is 0 Å². The number of benzene rings is 4. The summed E-state index contributed by atoms with van der Waals surface area (Å²) in [5.41, 5.74) is 8.88. The zero-order chi connectivity index (χ0) is 23.2. The molecule has 7 aromatic rings. The summed E-state index contributed by atoms with van der Waals surface area (Å²) in [5, 5.41) is 3.63. The molecule has 0 N–H and O–H groups in total. The van der Waals surface area contributed by atoms with Crippen molar-refractivity contribution in [2.24, 2.45) is 0 Å². The molecular formula is C32H21N3. The maximum atomic E-state index is 4.69. The van der Waals surface area contributed by atoms with Crippen molar-refractivity contribution in [1.29, 1.82) is 0 Å². The fourth-order valence-corrected chi connectivity index (χ4v) is 5.09. The van der Waals surface area contributed by atoms with Crippen LogP contribution in [0.5, 0.6) is 0 Å². The van der Waals surface area contributed by atoms with E-state index in [0.29, 0.717) is 0 Å². The third kappa shape index (κ3) is 3.21. The highest BCUT2D eigenvalue weighted by Gasteiger charge is 2.14. The van der Waals surface area contributed by atoms with Gasteiger partial charge in [0.2, 0.25) is 0 Å². The van der Waals surface area contributed by atoms with Crippen molar-refractivity contribution in [3.63, 3.8) is 0 Å². The summed E-state index contributed by atoms with van der Waals surface area (Å²) < 4.78 is 2.36. The molecule has 0 saturated carbocycles. The van der Waals surface area contributed by atoms with E-state index in [1.807, 2.05) is 30.6 Å². The van der Waals surface area contributed by atoms with Crippen LogP contribution in [0.25, 0.3) is 60.8 Å². The lowest BCUT2D eigenvalue weighted by atomic mass is 10.0. The second kappa shape index (κ2) is 7.93. The number of pyridine rings is 2. The molecule has 0 spiro atoms. The lowest BCUT2D eigenvalue weighted by Crippen LogP contribution is -1.95. The van der Waals surface area contributed by atoms with Crippen molar-refractivity contribution in [3.8, 4) is 28.1 Å². The smallest absolute Gasteiger partial charge is 0.0780 e. The quantitative estimate of drug-likeness (QED) is 0.274. The van der Waals surface area contributed by atoms with E-state index in [4.69, 9.17) is 4.98 Å². The number of hydrogen-bond donors (Lipinski definition) is 0. The minimum absolute atomic E-state index is 0.970. The van der Waals surface area contributed by atoms with Gasteiger partial charge < -0.3 is 4.57 Å². The van der Waals surface area contributed by atoms with Crippen molar-refractivity contribution in [2.45, 2.75) is 0 Å². The molecule has 0 unspecified atom stereocenters. The Morgan fingerprint density at radius 3 is 2.29 bits per heavy atom. The largest absolute Gasteiger partial charge is 0.309 e. The molecule has 0 aliphatic carbocycles. The summed E-state index contributed by atoms with van der Waals surface area (Å²) in [7, 11) is 0. The summed E-state index contributed by atoms with van der Waals surface area (Å²) in [5.74, 6) is 0. The minimum atomic E-state index is 0.970. The third-order valence-corrected chi connectivity index (χ3v) is 6.68. The highest BCUT2D eigenvalue weighted by molar-refractivity contribution is 6.10. The highest BCUT2D eigenvalue weighted by Crippen LogP contribution is 2.36. The average Bonchev–Trinajstić information content (AvgIpc) is 3.27. The van der Waals surface area contributed by atoms with Crippen LogP contribution in [0, 0.1) is 0 Å². The molecule has 0 aliphatic heterocycles. The lowest BCUT2D eigenvalue weighted by Gasteiger charge is -2.11. The van der Waals surface area contributed by atoms with Crippen LogP contribution in [0.1, 0.15) is 0 Å². The maximum absolute atomic E-state index is 4.69. The van der Waals surface area contributed by atoms with Crippen molar-refractivity contribution in [2.75, 3.05) is 0 Å². The van der Waals surface area contributed by atoms with Crippen LogP contribution >= 0.6 is 0 Å². The number of para-hydroxylation sites is 2. The van der Waals surface area contributed by atoms with E-state index in [-0.39, 0.29) is 0 Å². The van der Waals surface area contributed by atoms with Gasteiger partial charge in [0.15, 0.2) is 0 Å². The Hall–Kier alpha value is -4.76. The fraction of sp³-hybridized carbons (Fsp3) is 0. The van der Waals surface area contributed by atoms with E-state index in [9.17, 15) is 0 Å². The van der Waals surface area contributed by atoms with Gasteiger partial charge in [0.25, 0.3) is 0 Å². The van der Waals surface area contributed by atoms with Crippen molar-refractivity contribution in [3.05, 3.63) is 128 Å². The first-order valence-corrected chi connectivity index (χ1v) is 11.8. The first-order valence-electron chi connectivity index (χ1n) is 11.8. The number of aromatic nitrogens is 3. The summed E-state index contributed by atoms with van der Waals surface area (Å²) >= 11 is 0. The molecule has 0 aliphatic rings. The van der Waals surface area contributed by atoms with Crippen LogP contribution in [0.15, 0.2) is 128 Å². The Balaban J connectivity index is 1.51. The van der Waals surface area contributed by atoms with E-state index in [2.05, 4.69) is 107 Å². The lowest BCUT2D eigenvalue weighted by molar-refractivity contribution is 1.18. The molecular weight excluding hydrogens is 426 g/mol. The zero-order valence-electron chi connectivity index (χ0n) is 19.0. The zero-order valence-corrected chi connectivity index (χ0v) is 19.0. The van der Waals surface area contributed by atoms with Gasteiger partial charge in [-0.05, 0) is 48.0 Å². The van der Waals surface area contributed by atoms with E-state index in [1.54, 1.807) is 0 Å². The van der Waals surface area contributed by atoms with Gasteiger partial charge in [-0.25, -0.2) is 0 Å². The van der Waals surface area contributed by atoms with Crippen LogP contribution < -0.4 is 0 Å². The molecule has 3 nitrogen and oxygen atoms in total. The second-order valence-corrected chi connectivity index (χ2v) is 8.73. The van der Waals surface area contributed by atoms with Crippen molar-refractivity contribution >= 4 is 32.7 Å². The fourth-order valence-electron chi connectivity index (χ4n) is 5.09. The summed E-state index contributed by atoms with van der Waals surface area (Å²) in [6.07, 6.45) is 3.71.